The quantitative estimate of drug-likeness (QED) is 0.806. The highest BCUT2D eigenvalue weighted by Crippen LogP contribution is 2.23. The van der Waals surface area contributed by atoms with Gasteiger partial charge >= 0.3 is 0 Å². The molecule has 17 heavy (non-hydrogen) atoms. The van der Waals surface area contributed by atoms with Gasteiger partial charge in [0.2, 0.25) is 11.8 Å². The maximum atomic E-state index is 9.06. The fraction of sp³-hybridized carbons (Fsp3) is 0.545. The lowest BCUT2D eigenvalue weighted by Gasteiger charge is -2.13. The number of ether oxygens (including phenoxy) is 1. The highest BCUT2D eigenvalue weighted by molar-refractivity contribution is 5.59. The number of hydrogen-bond acceptors (Lipinski definition) is 6. The predicted molar refractivity (Wildman–Crippen MR) is 66.2 cm³/mol. The smallest absolute Gasteiger partial charge is 0.238 e. The molecule has 6 heteroatoms. The number of methoxy groups -OCH3 is 1. The summed E-state index contributed by atoms with van der Waals surface area (Å²) in [5.41, 5.74) is 0.323. The zero-order chi connectivity index (χ0) is 12.8. The van der Waals surface area contributed by atoms with Crippen molar-refractivity contribution < 1.29 is 4.74 Å². The van der Waals surface area contributed by atoms with E-state index in [0.29, 0.717) is 23.9 Å². The van der Waals surface area contributed by atoms with Gasteiger partial charge in [-0.2, -0.15) is 15.2 Å². The van der Waals surface area contributed by atoms with Crippen LogP contribution in [0.3, 0.4) is 0 Å². The lowest BCUT2D eigenvalue weighted by Crippen LogP contribution is -2.15. The van der Waals surface area contributed by atoms with E-state index in [2.05, 4.69) is 20.6 Å². The Labute approximate surface area is 101 Å². The third kappa shape index (κ3) is 3.21. The lowest BCUT2D eigenvalue weighted by atomic mass is 10.3. The van der Waals surface area contributed by atoms with Gasteiger partial charge < -0.3 is 15.4 Å². The van der Waals surface area contributed by atoms with E-state index in [1.165, 1.54) is 7.11 Å². The standard InChI is InChI=1S/C11H17N5O/c1-5-13-9-8(6-12)10(17-4)16-11(15-9)14-7(2)3/h7H,5H2,1-4H3,(H2,13,14,15,16). The molecule has 0 radical (unpaired) electrons. The summed E-state index contributed by atoms with van der Waals surface area (Å²) >= 11 is 0. The van der Waals surface area contributed by atoms with Gasteiger partial charge in [0, 0.05) is 12.6 Å². The van der Waals surface area contributed by atoms with Gasteiger partial charge in [-0.05, 0) is 20.8 Å². The molecule has 92 valence electrons. The number of rotatable bonds is 5. The van der Waals surface area contributed by atoms with Crippen LogP contribution in [0.25, 0.3) is 0 Å². The van der Waals surface area contributed by atoms with E-state index in [9.17, 15) is 0 Å². The first-order chi connectivity index (χ1) is 8.12. The molecule has 1 rings (SSSR count). The van der Waals surface area contributed by atoms with Crippen LogP contribution in [0.15, 0.2) is 0 Å². The number of nitrogens with zero attached hydrogens (tertiary/aromatic N) is 3. The molecule has 0 saturated carbocycles. The van der Waals surface area contributed by atoms with Gasteiger partial charge in [0.1, 0.15) is 6.07 Å². The van der Waals surface area contributed by atoms with Gasteiger partial charge in [-0.3, -0.25) is 0 Å². The molecule has 1 heterocycles. The van der Waals surface area contributed by atoms with Gasteiger partial charge in [-0.1, -0.05) is 0 Å². The first kappa shape index (κ1) is 13.0. The van der Waals surface area contributed by atoms with E-state index in [1.807, 2.05) is 26.8 Å². The van der Waals surface area contributed by atoms with Crippen LogP contribution in [0.5, 0.6) is 5.88 Å². The van der Waals surface area contributed by atoms with Gasteiger partial charge in [0.05, 0.1) is 7.11 Å². The molecule has 0 amide bonds. The molecular formula is C11H17N5O. The Morgan fingerprint density at radius 2 is 2.12 bits per heavy atom. The average Bonchev–Trinajstić information content (AvgIpc) is 2.28. The van der Waals surface area contributed by atoms with Crippen LogP contribution in [-0.2, 0) is 0 Å². The van der Waals surface area contributed by atoms with Crippen molar-refractivity contribution in [2.24, 2.45) is 0 Å². The number of nitrogens with one attached hydrogen (secondary N) is 2. The molecule has 0 saturated heterocycles. The second-order valence-electron chi connectivity index (χ2n) is 3.72. The Bertz CT molecular complexity index is 425. The minimum Gasteiger partial charge on any atom is -0.480 e. The number of anilines is 2. The van der Waals surface area contributed by atoms with Gasteiger partial charge in [-0.15, -0.1) is 0 Å². The molecule has 0 fully saturated rings. The molecule has 0 aliphatic heterocycles. The van der Waals surface area contributed by atoms with Crippen molar-refractivity contribution in [3.63, 3.8) is 0 Å². The largest absolute Gasteiger partial charge is 0.480 e. The highest BCUT2D eigenvalue weighted by atomic mass is 16.5. The lowest BCUT2D eigenvalue weighted by molar-refractivity contribution is 0.396. The van der Waals surface area contributed by atoms with Crippen LogP contribution in [0.2, 0.25) is 0 Å². The molecule has 0 aromatic carbocycles. The van der Waals surface area contributed by atoms with Crippen LogP contribution in [-0.4, -0.2) is 29.7 Å². The molecule has 0 unspecified atom stereocenters. The van der Waals surface area contributed by atoms with E-state index in [0.717, 1.165) is 0 Å². The Balaban J connectivity index is 3.20. The summed E-state index contributed by atoms with van der Waals surface area (Å²) in [6, 6.07) is 2.25. The summed E-state index contributed by atoms with van der Waals surface area (Å²) in [6.45, 7) is 6.59. The first-order valence-electron chi connectivity index (χ1n) is 5.48. The molecule has 6 nitrogen and oxygen atoms in total. The average molecular weight is 235 g/mol. The van der Waals surface area contributed by atoms with Gasteiger partial charge in [0.15, 0.2) is 11.4 Å². The molecule has 1 aromatic rings. The van der Waals surface area contributed by atoms with Crippen molar-refractivity contribution in [2.75, 3.05) is 24.3 Å². The molecule has 0 spiro atoms. The topological polar surface area (TPSA) is 82.9 Å². The van der Waals surface area contributed by atoms with E-state index in [4.69, 9.17) is 10.00 Å². The Hall–Kier alpha value is -2.03. The number of hydrogen-bond donors (Lipinski definition) is 2. The highest BCUT2D eigenvalue weighted by Gasteiger charge is 2.14. The maximum absolute atomic E-state index is 9.06. The SMILES string of the molecule is CCNc1nc(NC(C)C)nc(OC)c1C#N. The van der Waals surface area contributed by atoms with Crippen LogP contribution in [0.4, 0.5) is 11.8 Å². The van der Waals surface area contributed by atoms with Crippen LogP contribution in [0.1, 0.15) is 26.3 Å². The number of aromatic nitrogens is 2. The van der Waals surface area contributed by atoms with E-state index in [1.54, 1.807) is 0 Å². The Morgan fingerprint density at radius 3 is 2.59 bits per heavy atom. The molecule has 0 aliphatic rings. The van der Waals surface area contributed by atoms with Gasteiger partial charge in [0.25, 0.3) is 0 Å². The van der Waals surface area contributed by atoms with Crippen molar-refractivity contribution in [1.82, 2.24) is 9.97 Å². The number of nitriles is 1. The molecule has 0 bridgehead atoms. The summed E-state index contributed by atoms with van der Waals surface area (Å²) in [5.74, 6) is 1.22. The van der Waals surface area contributed by atoms with Crippen molar-refractivity contribution in [3.8, 4) is 11.9 Å². The maximum Gasteiger partial charge on any atom is 0.238 e. The minimum atomic E-state index is 0.210. The van der Waals surface area contributed by atoms with E-state index < -0.39 is 0 Å². The van der Waals surface area contributed by atoms with Crippen LogP contribution >= 0.6 is 0 Å². The fourth-order valence-electron chi connectivity index (χ4n) is 1.31. The van der Waals surface area contributed by atoms with Crippen molar-refractivity contribution in [2.45, 2.75) is 26.8 Å². The van der Waals surface area contributed by atoms with Crippen molar-refractivity contribution in [1.29, 1.82) is 5.26 Å². The summed E-state index contributed by atoms with van der Waals surface area (Å²) in [4.78, 5) is 8.38. The third-order valence-corrected chi connectivity index (χ3v) is 1.94. The molecule has 1 aromatic heterocycles. The Kier molecular flexibility index (Phi) is 4.52. The predicted octanol–water partition coefficient (Wildman–Crippen LogP) is 1.61. The summed E-state index contributed by atoms with van der Waals surface area (Å²) < 4.78 is 5.09. The van der Waals surface area contributed by atoms with Crippen molar-refractivity contribution >= 4 is 11.8 Å². The third-order valence-electron chi connectivity index (χ3n) is 1.94. The summed E-state index contributed by atoms with van der Waals surface area (Å²) in [6.07, 6.45) is 0. The zero-order valence-electron chi connectivity index (χ0n) is 10.5. The van der Waals surface area contributed by atoms with E-state index >= 15 is 0 Å². The second kappa shape index (κ2) is 5.89. The zero-order valence-corrected chi connectivity index (χ0v) is 10.5. The normalized spacial score (nSPS) is 9.88. The molecule has 0 aliphatic carbocycles. The summed E-state index contributed by atoms with van der Waals surface area (Å²) in [5, 5.41) is 15.2. The molecular weight excluding hydrogens is 218 g/mol. The minimum absolute atomic E-state index is 0.210. The van der Waals surface area contributed by atoms with Gasteiger partial charge in [-0.25, -0.2) is 0 Å². The van der Waals surface area contributed by atoms with E-state index in [-0.39, 0.29) is 11.9 Å². The molecule has 2 N–H and O–H groups in total. The fourth-order valence-corrected chi connectivity index (χ4v) is 1.31. The van der Waals surface area contributed by atoms with Crippen LogP contribution in [0, 0.1) is 11.3 Å². The summed E-state index contributed by atoms with van der Waals surface area (Å²) in [7, 11) is 1.48. The van der Waals surface area contributed by atoms with Crippen LogP contribution < -0.4 is 15.4 Å². The Morgan fingerprint density at radius 1 is 1.41 bits per heavy atom. The van der Waals surface area contributed by atoms with Crippen molar-refractivity contribution in [3.05, 3.63) is 5.56 Å². The monoisotopic (exact) mass is 235 g/mol. The first-order valence-corrected chi connectivity index (χ1v) is 5.48. The molecule has 0 atom stereocenters. The second-order valence-corrected chi connectivity index (χ2v) is 3.72.